The highest BCUT2D eigenvalue weighted by Crippen LogP contribution is 2.42. The van der Waals surface area contributed by atoms with Gasteiger partial charge < -0.3 is 5.73 Å². The third-order valence-electron chi connectivity index (χ3n) is 4.16. The Labute approximate surface area is 101 Å². The summed E-state index contributed by atoms with van der Waals surface area (Å²) in [6.07, 6.45) is 4.26. The molecule has 2 N–H and O–H groups in total. The van der Waals surface area contributed by atoms with Crippen LogP contribution in [0.25, 0.3) is 0 Å². The molecule has 2 fully saturated rings. The number of rotatable bonds is 3. The lowest BCUT2D eigenvalue weighted by molar-refractivity contribution is 0.155. The maximum absolute atomic E-state index is 5.99. The van der Waals surface area contributed by atoms with Crippen LogP contribution in [-0.2, 0) is 0 Å². The summed E-state index contributed by atoms with van der Waals surface area (Å²) in [6, 6.07) is 5.79. The van der Waals surface area contributed by atoms with Gasteiger partial charge in [0.2, 0.25) is 0 Å². The molecule has 88 valence electrons. The molecule has 1 saturated carbocycles. The Hall–Kier alpha value is -0.380. The summed E-state index contributed by atoms with van der Waals surface area (Å²) >= 11 is 1.91. The van der Waals surface area contributed by atoms with Crippen molar-refractivity contribution in [3.8, 4) is 0 Å². The summed E-state index contributed by atoms with van der Waals surface area (Å²) < 4.78 is 0. The number of nitrogens with zero attached hydrogens (tertiary/aromatic N) is 1. The maximum Gasteiger partial charge on any atom is 0.0566 e. The van der Waals surface area contributed by atoms with Crippen LogP contribution >= 0.6 is 11.3 Å². The Bertz CT molecular complexity index is 374. The van der Waals surface area contributed by atoms with Crippen LogP contribution in [0.2, 0.25) is 0 Å². The van der Waals surface area contributed by atoms with E-state index in [4.69, 9.17) is 5.73 Å². The van der Waals surface area contributed by atoms with Crippen LogP contribution in [0.1, 0.15) is 35.1 Å². The van der Waals surface area contributed by atoms with Gasteiger partial charge in [-0.3, -0.25) is 4.90 Å². The highest BCUT2D eigenvalue weighted by Gasteiger charge is 2.41. The second-order valence-corrected chi connectivity index (χ2v) is 6.55. The fraction of sp³-hybridized carbons (Fsp3) is 0.692. The van der Waals surface area contributed by atoms with Gasteiger partial charge in [-0.1, -0.05) is 0 Å². The molecule has 0 amide bonds. The molecule has 3 rings (SSSR count). The number of nitrogens with two attached hydrogens (primary N) is 1. The third-order valence-corrected chi connectivity index (χ3v) is 5.27. The molecular formula is C13H20N2S. The Kier molecular flexibility index (Phi) is 2.78. The first-order valence-corrected chi connectivity index (χ1v) is 7.11. The minimum atomic E-state index is 0.481. The molecule has 1 saturated heterocycles. The monoisotopic (exact) mass is 236 g/mol. The van der Waals surface area contributed by atoms with Crippen molar-refractivity contribution in [2.45, 2.75) is 38.3 Å². The van der Waals surface area contributed by atoms with Crippen LogP contribution in [0.15, 0.2) is 12.1 Å². The molecule has 3 heteroatoms. The topological polar surface area (TPSA) is 29.3 Å². The van der Waals surface area contributed by atoms with E-state index in [1.807, 2.05) is 11.3 Å². The SMILES string of the molecule is Cc1ccc(C(CN)N2CC3CCC2C3)s1. The molecule has 0 spiro atoms. The second kappa shape index (κ2) is 4.13. The predicted octanol–water partition coefficient (Wildman–Crippen LogP) is 2.54. The zero-order valence-electron chi connectivity index (χ0n) is 9.86. The number of thiophene rings is 1. The zero-order chi connectivity index (χ0) is 11.1. The molecule has 2 nitrogen and oxygen atoms in total. The van der Waals surface area contributed by atoms with E-state index in [1.165, 1.54) is 35.6 Å². The Balaban J connectivity index is 1.81. The summed E-state index contributed by atoms with van der Waals surface area (Å²) in [4.78, 5) is 5.53. The summed E-state index contributed by atoms with van der Waals surface area (Å²) in [5.41, 5.74) is 5.99. The molecule has 3 atom stereocenters. The van der Waals surface area contributed by atoms with Gasteiger partial charge in [-0.05, 0) is 44.2 Å². The third kappa shape index (κ3) is 1.71. The van der Waals surface area contributed by atoms with Gasteiger partial charge in [0.1, 0.15) is 0 Å². The molecule has 1 aromatic rings. The van der Waals surface area contributed by atoms with Gasteiger partial charge in [0.15, 0.2) is 0 Å². The average molecular weight is 236 g/mol. The van der Waals surface area contributed by atoms with Crippen molar-refractivity contribution in [2.24, 2.45) is 11.7 Å². The van der Waals surface area contributed by atoms with Gasteiger partial charge in [0, 0.05) is 28.9 Å². The van der Waals surface area contributed by atoms with Gasteiger partial charge in [0.25, 0.3) is 0 Å². The lowest BCUT2D eigenvalue weighted by Gasteiger charge is -2.33. The number of hydrogen-bond donors (Lipinski definition) is 1. The summed E-state index contributed by atoms with van der Waals surface area (Å²) in [7, 11) is 0. The zero-order valence-corrected chi connectivity index (χ0v) is 10.7. The normalized spacial score (nSPS) is 31.1. The minimum Gasteiger partial charge on any atom is -0.329 e. The quantitative estimate of drug-likeness (QED) is 0.874. The Morgan fingerprint density at radius 2 is 2.38 bits per heavy atom. The molecular weight excluding hydrogens is 216 g/mol. The number of piperidine rings is 1. The molecule has 1 aliphatic heterocycles. The largest absolute Gasteiger partial charge is 0.329 e. The van der Waals surface area contributed by atoms with E-state index >= 15 is 0 Å². The fourth-order valence-electron chi connectivity index (χ4n) is 3.39. The molecule has 0 radical (unpaired) electrons. The van der Waals surface area contributed by atoms with E-state index in [0.717, 1.165) is 18.5 Å². The van der Waals surface area contributed by atoms with E-state index in [1.54, 1.807) is 0 Å². The molecule has 16 heavy (non-hydrogen) atoms. The highest BCUT2D eigenvalue weighted by molar-refractivity contribution is 7.12. The van der Waals surface area contributed by atoms with Crippen molar-refractivity contribution in [3.63, 3.8) is 0 Å². The van der Waals surface area contributed by atoms with Crippen LogP contribution < -0.4 is 5.73 Å². The summed E-state index contributed by atoms with van der Waals surface area (Å²) in [6.45, 7) is 4.23. The van der Waals surface area contributed by atoms with Crippen molar-refractivity contribution in [1.29, 1.82) is 0 Å². The molecule has 2 heterocycles. The van der Waals surface area contributed by atoms with Crippen molar-refractivity contribution in [3.05, 3.63) is 21.9 Å². The highest BCUT2D eigenvalue weighted by atomic mass is 32.1. The first-order chi connectivity index (χ1) is 7.78. The first-order valence-electron chi connectivity index (χ1n) is 6.30. The molecule has 1 aromatic heterocycles. The molecule has 3 unspecified atom stereocenters. The average Bonchev–Trinajstić information content (AvgIpc) is 2.96. The number of fused-ring (bicyclic) bond motifs is 2. The van der Waals surface area contributed by atoms with Crippen molar-refractivity contribution >= 4 is 11.3 Å². The number of aryl methyl sites for hydroxylation is 1. The number of likely N-dealkylation sites (tertiary alicyclic amines) is 1. The van der Waals surface area contributed by atoms with E-state index < -0.39 is 0 Å². The lowest BCUT2D eigenvalue weighted by atomic mass is 10.1. The van der Waals surface area contributed by atoms with Crippen LogP contribution in [0.4, 0.5) is 0 Å². The summed E-state index contributed by atoms with van der Waals surface area (Å²) in [5.74, 6) is 0.958. The summed E-state index contributed by atoms with van der Waals surface area (Å²) in [5, 5.41) is 0. The van der Waals surface area contributed by atoms with E-state index in [0.29, 0.717) is 6.04 Å². The lowest BCUT2D eigenvalue weighted by Crippen LogP contribution is -2.38. The predicted molar refractivity (Wildman–Crippen MR) is 68.7 cm³/mol. The second-order valence-electron chi connectivity index (χ2n) is 5.23. The van der Waals surface area contributed by atoms with Crippen LogP contribution in [0.5, 0.6) is 0 Å². The number of hydrogen-bond acceptors (Lipinski definition) is 3. The van der Waals surface area contributed by atoms with Crippen LogP contribution in [0, 0.1) is 12.8 Å². The fourth-order valence-corrected chi connectivity index (χ4v) is 4.40. The van der Waals surface area contributed by atoms with Gasteiger partial charge >= 0.3 is 0 Å². The van der Waals surface area contributed by atoms with Gasteiger partial charge in [0.05, 0.1) is 6.04 Å². The first kappa shape index (κ1) is 10.8. The van der Waals surface area contributed by atoms with Crippen molar-refractivity contribution in [2.75, 3.05) is 13.1 Å². The maximum atomic E-state index is 5.99. The van der Waals surface area contributed by atoms with E-state index in [2.05, 4.69) is 24.0 Å². The van der Waals surface area contributed by atoms with Gasteiger partial charge in [-0.15, -0.1) is 11.3 Å². The van der Waals surface area contributed by atoms with Crippen molar-refractivity contribution in [1.82, 2.24) is 4.90 Å². The molecule has 2 bridgehead atoms. The van der Waals surface area contributed by atoms with E-state index in [-0.39, 0.29) is 0 Å². The van der Waals surface area contributed by atoms with Crippen LogP contribution in [0.3, 0.4) is 0 Å². The smallest absolute Gasteiger partial charge is 0.0566 e. The van der Waals surface area contributed by atoms with Gasteiger partial charge in [-0.25, -0.2) is 0 Å². The molecule has 1 aliphatic carbocycles. The molecule has 0 aromatic carbocycles. The van der Waals surface area contributed by atoms with Crippen molar-refractivity contribution < 1.29 is 0 Å². The van der Waals surface area contributed by atoms with Crippen LogP contribution in [-0.4, -0.2) is 24.0 Å². The standard InChI is InChI=1S/C13H20N2S/c1-9-2-5-13(16-9)12(7-14)15-8-10-3-4-11(15)6-10/h2,5,10-12H,3-4,6-8,14H2,1H3. The van der Waals surface area contributed by atoms with E-state index in [9.17, 15) is 0 Å². The van der Waals surface area contributed by atoms with Gasteiger partial charge in [-0.2, -0.15) is 0 Å². The minimum absolute atomic E-state index is 0.481. The Morgan fingerprint density at radius 3 is 2.88 bits per heavy atom. The molecule has 2 aliphatic rings. The Morgan fingerprint density at radius 1 is 1.50 bits per heavy atom.